The van der Waals surface area contributed by atoms with Crippen LogP contribution in [0, 0.1) is 11.7 Å². The number of hydrogen-bond donors (Lipinski definition) is 0. The molecule has 1 aliphatic heterocycles. The first-order chi connectivity index (χ1) is 10.7. The zero-order valence-electron chi connectivity index (χ0n) is 12.8. The Bertz CT molecular complexity index is 584. The third-order valence-corrected chi connectivity index (χ3v) is 4.05. The first-order valence-corrected chi connectivity index (χ1v) is 7.94. The van der Waals surface area contributed by atoms with Gasteiger partial charge >= 0.3 is 0 Å². The van der Waals surface area contributed by atoms with Crippen molar-refractivity contribution in [1.82, 2.24) is 4.90 Å². The molecule has 0 bridgehead atoms. The predicted octanol–water partition coefficient (Wildman–Crippen LogP) is 2.97. The summed E-state index contributed by atoms with van der Waals surface area (Å²) in [6.07, 6.45) is 3.43. The lowest BCUT2D eigenvalue weighted by Gasteiger charge is -2.24. The van der Waals surface area contributed by atoms with E-state index in [4.69, 9.17) is 4.84 Å². The number of nitrogens with zero attached hydrogens (tertiary/aromatic N) is 2. The second-order valence-electron chi connectivity index (χ2n) is 6.04. The van der Waals surface area contributed by atoms with E-state index < -0.39 is 0 Å². The van der Waals surface area contributed by atoms with Crippen LogP contribution in [0.15, 0.2) is 29.4 Å². The minimum Gasteiger partial charge on any atom is -0.390 e. The standard InChI is InChI=1S/C17H21FN2O2/c1-2-8-20(17(21)12-6-7-12)11-15-10-16(19-22-15)13-4-3-5-14(18)9-13/h3-5,9,12,15H,2,6-8,10-11H2,1H3/t15-/m0/s1. The van der Waals surface area contributed by atoms with Crippen LogP contribution in [0.4, 0.5) is 4.39 Å². The lowest BCUT2D eigenvalue weighted by molar-refractivity contribution is -0.134. The molecule has 1 aliphatic carbocycles. The molecular weight excluding hydrogens is 283 g/mol. The summed E-state index contributed by atoms with van der Waals surface area (Å²) in [5, 5.41) is 4.07. The van der Waals surface area contributed by atoms with Gasteiger partial charge in [0.1, 0.15) is 5.82 Å². The van der Waals surface area contributed by atoms with Crippen molar-refractivity contribution < 1.29 is 14.0 Å². The Kier molecular flexibility index (Phi) is 4.41. The van der Waals surface area contributed by atoms with Crippen LogP contribution < -0.4 is 0 Å². The molecule has 0 aromatic heterocycles. The van der Waals surface area contributed by atoms with Crippen LogP contribution in [-0.4, -0.2) is 35.7 Å². The van der Waals surface area contributed by atoms with E-state index in [9.17, 15) is 9.18 Å². The van der Waals surface area contributed by atoms with E-state index in [1.54, 1.807) is 6.07 Å². The van der Waals surface area contributed by atoms with Gasteiger partial charge in [-0.3, -0.25) is 4.79 Å². The number of benzene rings is 1. The summed E-state index contributed by atoms with van der Waals surface area (Å²) in [5.74, 6) is 0.182. The highest BCUT2D eigenvalue weighted by molar-refractivity contribution is 6.01. The van der Waals surface area contributed by atoms with Gasteiger partial charge in [-0.2, -0.15) is 0 Å². The van der Waals surface area contributed by atoms with Gasteiger partial charge in [0.25, 0.3) is 0 Å². The zero-order chi connectivity index (χ0) is 15.5. The average molecular weight is 304 g/mol. The van der Waals surface area contributed by atoms with Crippen LogP contribution in [0.25, 0.3) is 0 Å². The zero-order valence-corrected chi connectivity index (χ0v) is 12.8. The number of carbonyl (C=O) groups excluding carboxylic acids is 1. The van der Waals surface area contributed by atoms with Crippen LogP contribution >= 0.6 is 0 Å². The lowest BCUT2D eigenvalue weighted by Crippen LogP contribution is -2.39. The van der Waals surface area contributed by atoms with E-state index in [1.807, 2.05) is 11.0 Å². The van der Waals surface area contributed by atoms with E-state index in [1.165, 1.54) is 12.1 Å². The maximum Gasteiger partial charge on any atom is 0.225 e. The van der Waals surface area contributed by atoms with Gasteiger partial charge in [0, 0.05) is 24.4 Å². The van der Waals surface area contributed by atoms with E-state index >= 15 is 0 Å². The summed E-state index contributed by atoms with van der Waals surface area (Å²) in [4.78, 5) is 19.6. The van der Waals surface area contributed by atoms with Gasteiger partial charge in [-0.25, -0.2) is 4.39 Å². The van der Waals surface area contributed by atoms with Gasteiger partial charge in [-0.15, -0.1) is 0 Å². The van der Waals surface area contributed by atoms with E-state index in [0.29, 0.717) is 13.0 Å². The number of hydrogen-bond acceptors (Lipinski definition) is 3. The Morgan fingerprint density at radius 1 is 1.45 bits per heavy atom. The molecule has 1 amide bonds. The Morgan fingerprint density at radius 2 is 2.27 bits per heavy atom. The van der Waals surface area contributed by atoms with Crippen molar-refractivity contribution in [1.29, 1.82) is 0 Å². The summed E-state index contributed by atoms with van der Waals surface area (Å²) >= 11 is 0. The Hall–Kier alpha value is -1.91. The summed E-state index contributed by atoms with van der Waals surface area (Å²) in [6, 6.07) is 6.37. The van der Waals surface area contributed by atoms with Crippen LogP contribution in [0.1, 0.15) is 38.2 Å². The van der Waals surface area contributed by atoms with Crippen molar-refractivity contribution in [3.05, 3.63) is 35.6 Å². The molecule has 4 nitrogen and oxygen atoms in total. The molecule has 0 unspecified atom stereocenters. The average Bonchev–Trinajstić information content (AvgIpc) is 3.25. The molecule has 22 heavy (non-hydrogen) atoms. The third-order valence-electron chi connectivity index (χ3n) is 4.05. The van der Waals surface area contributed by atoms with Crippen LogP contribution in [0.3, 0.4) is 0 Å². The second-order valence-corrected chi connectivity index (χ2v) is 6.04. The van der Waals surface area contributed by atoms with Gasteiger partial charge in [-0.05, 0) is 31.4 Å². The molecule has 5 heteroatoms. The summed E-state index contributed by atoms with van der Waals surface area (Å²) in [5.41, 5.74) is 1.50. The summed E-state index contributed by atoms with van der Waals surface area (Å²) in [7, 11) is 0. The van der Waals surface area contributed by atoms with E-state index in [-0.39, 0.29) is 23.7 Å². The molecule has 1 aromatic rings. The number of amides is 1. The second kappa shape index (κ2) is 6.46. The SMILES string of the molecule is CCCN(C[C@@H]1CC(c2cccc(F)c2)=NO1)C(=O)C1CC1. The lowest BCUT2D eigenvalue weighted by atomic mass is 10.0. The van der Waals surface area contributed by atoms with E-state index in [0.717, 1.165) is 37.1 Å². The van der Waals surface area contributed by atoms with Gasteiger partial charge in [-0.1, -0.05) is 24.2 Å². The highest BCUT2D eigenvalue weighted by Gasteiger charge is 2.35. The van der Waals surface area contributed by atoms with Crippen molar-refractivity contribution in [3.8, 4) is 0 Å². The van der Waals surface area contributed by atoms with Gasteiger partial charge in [0.15, 0.2) is 6.10 Å². The molecule has 0 N–H and O–H groups in total. The monoisotopic (exact) mass is 304 g/mol. The maximum atomic E-state index is 13.3. The van der Waals surface area contributed by atoms with Crippen LogP contribution in [0.2, 0.25) is 0 Å². The smallest absolute Gasteiger partial charge is 0.225 e. The molecule has 0 saturated heterocycles. The van der Waals surface area contributed by atoms with Gasteiger partial charge in [0.05, 0.1) is 12.3 Å². The van der Waals surface area contributed by atoms with Gasteiger partial charge < -0.3 is 9.74 Å². The molecule has 1 heterocycles. The quantitative estimate of drug-likeness (QED) is 0.811. The molecular formula is C17H21FN2O2. The Morgan fingerprint density at radius 3 is 2.95 bits per heavy atom. The Labute approximate surface area is 129 Å². The Balaban J connectivity index is 1.59. The molecule has 1 atom stereocenters. The van der Waals surface area contributed by atoms with Crippen molar-refractivity contribution in [2.75, 3.05) is 13.1 Å². The van der Waals surface area contributed by atoms with Crippen LogP contribution in [-0.2, 0) is 9.63 Å². The van der Waals surface area contributed by atoms with Crippen molar-refractivity contribution in [3.63, 3.8) is 0 Å². The summed E-state index contributed by atoms with van der Waals surface area (Å²) in [6.45, 7) is 3.38. The number of halogens is 1. The first kappa shape index (κ1) is 15.0. The minimum atomic E-state index is -0.278. The van der Waals surface area contributed by atoms with Crippen molar-refractivity contribution >= 4 is 11.6 Å². The third kappa shape index (κ3) is 3.46. The molecule has 1 saturated carbocycles. The fourth-order valence-electron chi connectivity index (χ4n) is 2.76. The van der Waals surface area contributed by atoms with Crippen molar-refractivity contribution in [2.45, 2.75) is 38.7 Å². The molecule has 1 aromatic carbocycles. The molecule has 1 fully saturated rings. The molecule has 2 aliphatic rings. The molecule has 0 spiro atoms. The first-order valence-electron chi connectivity index (χ1n) is 7.94. The normalized spacial score (nSPS) is 20.5. The maximum absolute atomic E-state index is 13.3. The predicted molar refractivity (Wildman–Crippen MR) is 82.0 cm³/mol. The fourth-order valence-corrected chi connectivity index (χ4v) is 2.76. The molecule has 118 valence electrons. The summed E-state index contributed by atoms with van der Waals surface area (Å²) < 4.78 is 13.3. The molecule has 0 radical (unpaired) electrons. The van der Waals surface area contributed by atoms with Crippen LogP contribution in [0.5, 0.6) is 0 Å². The highest BCUT2D eigenvalue weighted by atomic mass is 19.1. The topological polar surface area (TPSA) is 41.9 Å². The van der Waals surface area contributed by atoms with Crippen molar-refractivity contribution in [2.24, 2.45) is 11.1 Å². The highest BCUT2D eigenvalue weighted by Crippen LogP contribution is 2.31. The number of rotatable bonds is 6. The van der Waals surface area contributed by atoms with E-state index in [2.05, 4.69) is 12.1 Å². The van der Waals surface area contributed by atoms with Gasteiger partial charge in [0.2, 0.25) is 5.91 Å². The largest absolute Gasteiger partial charge is 0.390 e. The minimum absolute atomic E-state index is 0.132. The number of oxime groups is 1. The molecule has 3 rings (SSSR count). The number of carbonyl (C=O) groups is 1. The fraction of sp³-hybridized carbons (Fsp3) is 0.529.